The van der Waals surface area contributed by atoms with Crippen LogP contribution in [0.3, 0.4) is 0 Å². The molecule has 0 heterocycles. The lowest BCUT2D eigenvalue weighted by Gasteiger charge is -2.16. The van der Waals surface area contributed by atoms with Gasteiger partial charge in [-0.2, -0.15) is 11.8 Å². The van der Waals surface area contributed by atoms with Gasteiger partial charge in [0, 0.05) is 11.7 Å². The molecule has 0 aromatic rings. The molecule has 1 atom stereocenters. The number of hydrogen-bond donors (Lipinski definition) is 2. The van der Waals surface area contributed by atoms with Gasteiger partial charge in [-0.3, -0.25) is 4.79 Å². The van der Waals surface area contributed by atoms with Gasteiger partial charge in [-0.1, -0.05) is 27.7 Å². The van der Waals surface area contributed by atoms with Crippen LogP contribution >= 0.6 is 11.8 Å². The molecule has 0 saturated heterocycles. The molecule has 1 amide bonds. The first-order valence-corrected chi connectivity index (χ1v) is 6.61. The third-order valence-corrected chi connectivity index (χ3v) is 3.35. The summed E-state index contributed by atoms with van der Waals surface area (Å²) in [5.74, 6) is 0.493. The zero-order chi connectivity index (χ0) is 12.7. The molecular weight excluding hydrogens is 226 g/mol. The minimum Gasteiger partial charge on any atom is -0.480 e. The highest BCUT2D eigenvalue weighted by molar-refractivity contribution is 7.99. The van der Waals surface area contributed by atoms with E-state index >= 15 is 0 Å². The van der Waals surface area contributed by atoms with Crippen molar-refractivity contribution in [3.8, 4) is 0 Å². The van der Waals surface area contributed by atoms with E-state index in [-0.39, 0.29) is 11.8 Å². The van der Waals surface area contributed by atoms with E-state index in [0.717, 1.165) is 5.75 Å². The SMILES string of the molecule is CC(C)CSC[C@H](NC(=O)C(C)C)C(=O)O. The van der Waals surface area contributed by atoms with Crippen molar-refractivity contribution in [2.24, 2.45) is 11.8 Å². The van der Waals surface area contributed by atoms with Crippen molar-refractivity contribution in [3.63, 3.8) is 0 Å². The van der Waals surface area contributed by atoms with E-state index in [1.165, 1.54) is 0 Å². The van der Waals surface area contributed by atoms with Gasteiger partial charge in [0.1, 0.15) is 6.04 Å². The van der Waals surface area contributed by atoms with Crippen LogP contribution in [-0.2, 0) is 9.59 Å². The summed E-state index contributed by atoms with van der Waals surface area (Å²) < 4.78 is 0. The lowest BCUT2D eigenvalue weighted by molar-refractivity contribution is -0.141. The standard InChI is InChI=1S/C11H21NO3S/c1-7(2)5-16-6-9(11(14)15)12-10(13)8(3)4/h7-9H,5-6H2,1-4H3,(H,12,13)(H,14,15)/t9-/m0/s1. The smallest absolute Gasteiger partial charge is 0.327 e. The predicted molar refractivity (Wildman–Crippen MR) is 66.6 cm³/mol. The number of carbonyl (C=O) groups excluding carboxylic acids is 1. The normalized spacial score (nSPS) is 12.9. The third kappa shape index (κ3) is 6.71. The van der Waals surface area contributed by atoms with Gasteiger partial charge in [-0.15, -0.1) is 0 Å². The Balaban J connectivity index is 4.08. The molecule has 0 bridgehead atoms. The number of nitrogens with one attached hydrogen (secondary N) is 1. The summed E-state index contributed by atoms with van der Waals surface area (Å²) in [5.41, 5.74) is 0. The molecule has 0 radical (unpaired) electrons. The first-order valence-electron chi connectivity index (χ1n) is 5.45. The fourth-order valence-electron chi connectivity index (χ4n) is 0.935. The van der Waals surface area contributed by atoms with Crippen molar-refractivity contribution >= 4 is 23.6 Å². The van der Waals surface area contributed by atoms with E-state index in [2.05, 4.69) is 19.2 Å². The molecule has 0 rings (SSSR count). The Kier molecular flexibility index (Phi) is 7.21. The molecule has 0 fully saturated rings. The minimum absolute atomic E-state index is 0.183. The van der Waals surface area contributed by atoms with E-state index in [0.29, 0.717) is 11.7 Å². The summed E-state index contributed by atoms with van der Waals surface area (Å²) in [6.07, 6.45) is 0. The van der Waals surface area contributed by atoms with E-state index in [4.69, 9.17) is 5.11 Å². The van der Waals surface area contributed by atoms with Gasteiger partial charge in [0.25, 0.3) is 0 Å². The van der Waals surface area contributed by atoms with Gasteiger partial charge in [0.2, 0.25) is 5.91 Å². The highest BCUT2D eigenvalue weighted by atomic mass is 32.2. The molecule has 0 spiro atoms. The number of rotatable bonds is 7. The second-order valence-corrected chi connectivity index (χ2v) is 5.56. The lowest BCUT2D eigenvalue weighted by Crippen LogP contribution is -2.44. The van der Waals surface area contributed by atoms with Gasteiger partial charge in [-0.25, -0.2) is 4.79 Å². The molecule has 94 valence electrons. The number of carboxylic acids is 1. The molecule has 0 unspecified atom stereocenters. The average molecular weight is 247 g/mol. The van der Waals surface area contributed by atoms with E-state index in [1.807, 2.05) is 0 Å². The molecule has 0 aromatic carbocycles. The van der Waals surface area contributed by atoms with Crippen molar-refractivity contribution in [3.05, 3.63) is 0 Å². The number of aliphatic carboxylic acids is 1. The monoisotopic (exact) mass is 247 g/mol. The molecule has 0 saturated carbocycles. The summed E-state index contributed by atoms with van der Waals surface area (Å²) in [6.45, 7) is 7.65. The number of carbonyl (C=O) groups is 2. The van der Waals surface area contributed by atoms with Gasteiger partial charge >= 0.3 is 5.97 Å². The van der Waals surface area contributed by atoms with Crippen LogP contribution in [0.1, 0.15) is 27.7 Å². The molecule has 0 aliphatic heterocycles. The van der Waals surface area contributed by atoms with Crippen molar-refractivity contribution in [2.75, 3.05) is 11.5 Å². The number of thioether (sulfide) groups is 1. The summed E-state index contributed by atoms with van der Waals surface area (Å²) in [7, 11) is 0. The molecule has 4 nitrogen and oxygen atoms in total. The van der Waals surface area contributed by atoms with E-state index in [1.54, 1.807) is 25.6 Å². The number of hydrogen-bond acceptors (Lipinski definition) is 3. The highest BCUT2D eigenvalue weighted by Gasteiger charge is 2.21. The van der Waals surface area contributed by atoms with Crippen molar-refractivity contribution in [1.29, 1.82) is 0 Å². The van der Waals surface area contributed by atoms with Crippen LogP contribution in [0.4, 0.5) is 0 Å². The van der Waals surface area contributed by atoms with Crippen LogP contribution in [0.15, 0.2) is 0 Å². The van der Waals surface area contributed by atoms with Crippen molar-refractivity contribution in [1.82, 2.24) is 5.32 Å². The Labute approximate surface area is 101 Å². The fraction of sp³-hybridized carbons (Fsp3) is 0.818. The molecule has 0 aliphatic rings. The van der Waals surface area contributed by atoms with E-state index in [9.17, 15) is 9.59 Å². The molecular formula is C11H21NO3S. The maximum absolute atomic E-state index is 11.4. The second-order valence-electron chi connectivity index (χ2n) is 4.49. The van der Waals surface area contributed by atoms with E-state index < -0.39 is 12.0 Å². The topological polar surface area (TPSA) is 66.4 Å². The van der Waals surface area contributed by atoms with Crippen LogP contribution in [0, 0.1) is 11.8 Å². The zero-order valence-corrected chi connectivity index (χ0v) is 11.1. The van der Waals surface area contributed by atoms with Crippen LogP contribution in [0.25, 0.3) is 0 Å². The molecule has 0 aromatic heterocycles. The Morgan fingerprint density at radius 2 is 1.75 bits per heavy atom. The number of amides is 1. The van der Waals surface area contributed by atoms with Gasteiger partial charge < -0.3 is 10.4 Å². The van der Waals surface area contributed by atoms with Gasteiger partial charge in [0.05, 0.1) is 0 Å². The van der Waals surface area contributed by atoms with Crippen molar-refractivity contribution < 1.29 is 14.7 Å². The zero-order valence-electron chi connectivity index (χ0n) is 10.3. The summed E-state index contributed by atoms with van der Waals surface area (Å²) in [6, 6.07) is -0.779. The molecule has 16 heavy (non-hydrogen) atoms. The highest BCUT2D eigenvalue weighted by Crippen LogP contribution is 2.09. The average Bonchev–Trinajstić information content (AvgIpc) is 2.14. The Hall–Kier alpha value is -0.710. The molecule has 0 aliphatic carbocycles. The maximum Gasteiger partial charge on any atom is 0.327 e. The molecule has 2 N–H and O–H groups in total. The molecule has 5 heteroatoms. The van der Waals surface area contributed by atoms with Gasteiger partial charge in [-0.05, 0) is 11.7 Å². The maximum atomic E-state index is 11.4. The quantitative estimate of drug-likeness (QED) is 0.717. The summed E-state index contributed by atoms with van der Waals surface area (Å²) in [4.78, 5) is 22.3. The Bertz CT molecular complexity index is 241. The predicted octanol–water partition coefficient (Wildman–Crippen LogP) is 1.60. The summed E-state index contributed by atoms with van der Waals surface area (Å²) in [5, 5.41) is 11.5. The van der Waals surface area contributed by atoms with Gasteiger partial charge in [0.15, 0.2) is 0 Å². The van der Waals surface area contributed by atoms with Crippen molar-refractivity contribution in [2.45, 2.75) is 33.7 Å². The second kappa shape index (κ2) is 7.54. The first-order chi connectivity index (χ1) is 7.34. The Morgan fingerprint density at radius 3 is 2.12 bits per heavy atom. The minimum atomic E-state index is -0.967. The first kappa shape index (κ1) is 15.3. The fourth-order valence-corrected chi connectivity index (χ4v) is 2.00. The largest absolute Gasteiger partial charge is 0.480 e. The van der Waals surface area contributed by atoms with Crippen LogP contribution in [0.2, 0.25) is 0 Å². The number of carboxylic acid groups (broad SMARTS) is 1. The lowest BCUT2D eigenvalue weighted by atomic mass is 10.2. The third-order valence-electron chi connectivity index (χ3n) is 1.87. The Morgan fingerprint density at radius 1 is 1.19 bits per heavy atom. The summed E-state index contributed by atoms with van der Waals surface area (Å²) >= 11 is 1.56. The van der Waals surface area contributed by atoms with Crippen LogP contribution < -0.4 is 5.32 Å². The van der Waals surface area contributed by atoms with Crippen LogP contribution in [-0.4, -0.2) is 34.5 Å². The van der Waals surface area contributed by atoms with Crippen LogP contribution in [0.5, 0.6) is 0 Å².